The van der Waals surface area contributed by atoms with Gasteiger partial charge in [0.05, 0.1) is 6.61 Å². The number of nitrogens with one attached hydrogen (secondary N) is 1. The molecule has 4 nitrogen and oxygen atoms in total. The average Bonchev–Trinajstić information content (AvgIpc) is 2.16. The molecule has 1 N–H and O–H groups in total. The van der Waals surface area contributed by atoms with Crippen molar-refractivity contribution in [2.45, 2.75) is 13.3 Å². The summed E-state index contributed by atoms with van der Waals surface area (Å²) in [6, 6.07) is 0. The van der Waals surface area contributed by atoms with Crippen molar-refractivity contribution in [2.24, 2.45) is 0 Å². The topological polar surface area (TPSA) is 41.6 Å². The normalized spacial score (nSPS) is 10.4. The maximum absolute atomic E-state index is 11.1. The van der Waals surface area contributed by atoms with E-state index in [2.05, 4.69) is 16.8 Å². The fraction of sp³-hybridized carbons (Fsp3) is 0.727. The van der Waals surface area contributed by atoms with Crippen LogP contribution in [0.4, 0.5) is 0 Å². The first-order valence-corrected chi connectivity index (χ1v) is 5.28. The molecule has 15 heavy (non-hydrogen) atoms. The second-order valence-electron chi connectivity index (χ2n) is 3.66. The van der Waals surface area contributed by atoms with Gasteiger partial charge in [-0.1, -0.05) is 6.58 Å². The summed E-state index contributed by atoms with van der Waals surface area (Å²) in [5.74, 6) is -0.308. The van der Waals surface area contributed by atoms with Gasteiger partial charge in [-0.2, -0.15) is 0 Å². The molecular weight excluding hydrogens is 192 g/mol. The van der Waals surface area contributed by atoms with E-state index in [4.69, 9.17) is 4.74 Å². The third kappa shape index (κ3) is 8.15. The van der Waals surface area contributed by atoms with Gasteiger partial charge in [0, 0.05) is 12.1 Å². The molecule has 0 fully saturated rings. The fourth-order valence-corrected chi connectivity index (χ4v) is 1.06. The first kappa shape index (κ1) is 14.1. The highest BCUT2D eigenvalue weighted by molar-refractivity contribution is 5.88. The lowest BCUT2D eigenvalue weighted by Crippen LogP contribution is -2.25. The van der Waals surface area contributed by atoms with Crippen LogP contribution in [-0.2, 0) is 9.53 Å². The molecule has 0 bridgehead atoms. The van der Waals surface area contributed by atoms with Crippen LogP contribution in [0.5, 0.6) is 0 Å². The molecule has 0 amide bonds. The zero-order valence-corrected chi connectivity index (χ0v) is 10.0. The van der Waals surface area contributed by atoms with Gasteiger partial charge in [-0.3, -0.25) is 0 Å². The van der Waals surface area contributed by atoms with E-state index in [-0.39, 0.29) is 5.97 Å². The number of rotatable bonds is 8. The molecule has 0 aliphatic heterocycles. The quantitative estimate of drug-likeness (QED) is 0.366. The van der Waals surface area contributed by atoms with Crippen LogP contribution in [-0.4, -0.2) is 51.2 Å². The van der Waals surface area contributed by atoms with Crippen LogP contribution in [0.2, 0.25) is 0 Å². The largest absolute Gasteiger partial charge is 0.463 e. The van der Waals surface area contributed by atoms with Crippen LogP contribution < -0.4 is 5.32 Å². The minimum Gasteiger partial charge on any atom is -0.463 e. The van der Waals surface area contributed by atoms with Crippen LogP contribution in [0.25, 0.3) is 0 Å². The highest BCUT2D eigenvalue weighted by atomic mass is 16.5. The van der Waals surface area contributed by atoms with Gasteiger partial charge in [-0.15, -0.1) is 0 Å². The number of hydrogen-bond acceptors (Lipinski definition) is 4. The molecule has 0 aromatic rings. The molecule has 0 saturated carbocycles. The van der Waals surface area contributed by atoms with E-state index in [1.807, 2.05) is 14.1 Å². The van der Waals surface area contributed by atoms with Crippen molar-refractivity contribution >= 4 is 5.97 Å². The number of carbonyl (C=O) groups is 1. The van der Waals surface area contributed by atoms with Gasteiger partial charge in [0.25, 0.3) is 0 Å². The molecule has 0 radical (unpaired) electrons. The van der Waals surface area contributed by atoms with Gasteiger partial charge >= 0.3 is 5.97 Å². The first-order chi connectivity index (χ1) is 7.07. The molecule has 4 heteroatoms. The molecule has 0 aromatic carbocycles. The van der Waals surface area contributed by atoms with E-state index < -0.39 is 0 Å². The number of carbonyl (C=O) groups excluding carboxylic acids is 1. The lowest BCUT2D eigenvalue weighted by molar-refractivity contribution is -0.138. The molecule has 0 aliphatic carbocycles. The second kappa shape index (κ2) is 8.44. The summed E-state index contributed by atoms with van der Waals surface area (Å²) in [6.45, 7) is 8.28. The van der Waals surface area contributed by atoms with Gasteiger partial charge in [0.15, 0.2) is 0 Å². The summed E-state index contributed by atoms with van der Waals surface area (Å²) in [6.07, 6.45) is 1.06. The van der Waals surface area contributed by atoms with Crippen molar-refractivity contribution in [1.82, 2.24) is 10.2 Å². The average molecular weight is 214 g/mol. The maximum atomic E-state index is 11.1. The Kier molecular flexibility index (Phi) is 7.95. The predicted molar refractivity (Wildman–Crippen MR) is 61.8 cm³/mol. The van der Waals surface area contributed by atoms with Crippen molar-refractivity contribution < 1.29 is 9.53 Å². The number of ether oxygens (including phenoxy) is 1. The Morgan fingerprint density at radius 1 is 1.47 bits per heavy atom. The lowest BCUT2D eigenvalue weighted by Gasteiger charge is -2.10. The predicted octanol–water partition coefficient (Wildman–Crippen LogP) is 0.647. The molecule has 0 aliphatic rings. The van der Waals surface area contributed by atoms with E-state index in [1.54, 1.807) is 6.92 Å². The van der Waals surface area contributed by atoms with E-state index in [0.29, 0.717) is 18.7 Å². The Morgan fingerprint density at radius 2 is 2.13 bits per heavy atom. The smallest absolute Gasteiger partial charge is 0.334 e. The third-order valence-electron chi connectivity index (χ3n) is 1.86. The second-order valence-corrected chi connectivity index (χ2v) is 3.66. The number of nitrogens with zero attached hydrogens (tertiary/aromatic N) is 1. The summed E-state index contributed by atoms with van der Waals surface area (Å²) in [5.41, 5.74) is 0.488. The van der Waals surface area contributed by atoms with E-state index in [9.17, 15) is 4.79 Å². The Labute approximate surface area is 92.3 Å². The SMILES string of the molecule is C=C(CNCCCN(C)C)C(=O)OCC. The van der Waals surface area contributed by atoms with Crippen LogP contribution in [0.15, 0.2) is 12.2 Å². The summed E-state index contributed by atoms with van der Waals surface area (Å²) in [5, 5.41) is 3.15. The molecule has 0 spiro atoms. The van der Waals surface area contributed by atoms with Crippen LogP contribution >= 0.6 is 0 Å². The monoisotopic (exact) mass is 214 g/mol. The summed E-state index contributed by atoms with van der Waals surface area (Å²) in [7, 11) is 4.08. The molecule has 0 rings (SSSR count). The Hall–Kier alpha value is -0.870. The summed E-state index contributed by atoms with van der Waals surface area (Å²) >= 11 is 0. The van der Waals surface area contributed by atoms with Gasteiger partial charge in [0.2, 0.25) is 0 Å². The molecule has 0 unspecified atom stereocenters. The van der Waals surface area contributed by atoms with Crippen molar-refractivity contribution in [2.75, 3.05) is 40.3 Å². The number of hydrogen-bond donors (Lipinski definition) is 1. The Balaban J connectivity index is 3.43. The van der Waals surface area contributed by atoms with Crippen LogP contribution in [0.1, 0.15) is 13.3 Å². The van der Waals surface area contributed by atoms with Crippen molar-refractivity contribution in [3.63, 3.8) is 0 Å². The van der Waals surface area contributed by atoms with Gasteiger partial charge in [0.1, 0.15) is 0 Å². The van der Waals surface area contributed by atoms with Gasteiger partial charge in [-0.05, 0) is 40.5 Å². The van der Waals surface area contributed by atoms with Crippen LogP contribution in [0, 0.1) is 0 Å². The van der Waals surface area contributed by atoms with E-state index in [1.165, 1.54) is 0 Å². The lowest BCUT2D eigenvalue weighted by atomic mass is 10.3. The maximum Gasteiger partial charge on any atom is 0.334 e. The highest BCUT2D eigenvalue weighted by Crippen LogP contribution is 1.92. The molecule has 0 aromatic heterocycles. The Morgan fingerprint density at radius 3 is 2.67 bits per heavy atom. The number of esters is 1. The summed E-state index contributed by atoms with van der Waals surface area (Å²) < 4.78 is 4.81. The van der Waals surface area contributed by atoms with Crippen LogP contribution in [0.3, 0.4) is 0 Å². The van der Waals surface area contributed by atoms with E-state index >= 15 is 0 Å². The third-order valence-corrected chi connectivity index (χ3v) is 1.86. The zero-order chi connectivity index (χ0) is 11.7. The molecular formula is C11H22N2O2. The van der Waals surface area contributed by atoms with Gasteiger partial charge < -0.3 is 15.0 Å². The minimum atomic E-state index is -0.308. The molecule has 0 saturated heterocycles. The zero-order valence-electron chi connectivity index (χ0n) is 10.0. The molecule has 88 valence electrons. The first-order valence-electron chi connectivity index (χ1n) is 5.28. The van der Waals surface area contributed by atoms with E-state index in [0.717, 1.165) is 19.5 Å². The fourth-order valence-electron chi connectivity index (χ4n) is 1.06. The van der Waals surface area contributed by atoms with Crippen molar-refractivity contribution in [3.05, 3.63) is 12.2 Å². The molecule has 0 heterocycles. The highest BCUT2D eigenvalue weighted by Gasteiger charge is 2.05. The molecule has 0 atom stereocenters. The Bertz CT molecular complexity index is 203. The van der Waals surface area contributed by atoms with Gasteiger partial charge in [-0.25, -0.2) is 4.79 Å². The standard InChI is InChI=1S/C11H22N2O2/c1-5-15-11(14)10(2)9-12-7-6-8-13(3)4/h12H,2,5-9H2,1,3-4H3. The summed E-state index contributed by atoms with van der Waals surface area (Å²) in [4.78, 5) is 13.3. The van der Waals surface area contributed by atoms with Crippen molar-refractivity contribution in [3.8, 4) is 0 Å². The van der Waals surface area contributed by atoms with Crippen molar-refractivity contribution in [1.29, 1.82) is 0 Å². The minimum absolute atomic E-state index is 0.308.